The Hall–Kier alpha value is -0.160. The average Bonchev–Trinajstić information content (AvgIpc) is 2.93. The van der Waals surface area contributed by atoms with E-state index in [4.69, 9.17) is 9.47 Å². The predicted molar refractivity (Wildman–Crippen MR) is 80.0 cm³/mol. The number of ether oxygens (including phenoxy) is 2. The molecular formula is C16H30N2O2. The molecule has 3 heterocycles. The third-order valence-corrected chi connectivity index (χ3v) is 5.22. The maximum Gasteiger partial charge on any atom is 0.0951 e. The molecule has 3 saturated heterocycles. The highest BCUT2D eigenvalue weighted by molar-refractivity contribution is 4.95. The summed E-state index contributed by atoms with van der Waals surface area (Å²) in [4.78, 5) is 2.79. The quantitative estimate of drug-likeness (QED) is 0.852. The van der Waals surface area contributed by atoms with Gasteiger partial charge >= 0.3 is 0 Å². The van der Waals surface area contributed by atoms with Crippen LogP contribution in [0.15, 0.2) is 0 Å². The van der Waals surface area contributed by atoms with Crippen molar-refractivity contribution in [3.63, 3.8) is 0 Å². The molecule has 0 saturated carbocycles. The van der Waals surface area contributed by atoms with Crippen molar-refractivity contribution in [1.29, 1.82) is 0 Å². The highest BCUT2D eigenvalue weighted by atomic mass is 16.6. The second-order valence-electron chi connectivity index (χ2n) is 6.72. The third-order valence-electron chi connectivity index (χ3n) is 5.22. The lowest BCUT2D eigenvalue weighted by Gasteiger charge is -2.46. The molecule has 3 aliphatic heterocycles. The van der Waals surface area contributed by atoms with Gasteiger partial charge in [-0.05, 0) is 45.2 Å². The average molecular weight is 282 g/mol. The van der Waals surface area contributed by atoms with Crippen molar-refractivity contribution >= 4 is 0 Å². The van der Waals surface area contributed by atoms with Gasteiger partial charge in [-0.2, -0.15) is 0 Å². The minimum Gasteiger partial charge on any atom is -0.378 e. The molecule has 1 spiro atoms. The van der Waals surface area contributed by atoms with Crippen molar-refractivity contribution in [3.05, 3.63) is 0 Å². The van der Waals surface area contributed by atoms with Crippen LogP contribution in [0.1, 0.15) is 45.4 Å². The van der Waals surface area contributed by atoms with Crippen molar-refractivity contribution in [3.8, 4) is 0 Å². The summed E-state index contributed by atoms with van der Waals surface area (Å²) < 4.78 is 11.7. The molecule has 0 bridgehead atoms. The van der Waals surface area contributed by atoms with Crippen LogP contribution in [-0.4, -0.2) is 62.0 Å². The molecule has 20 heavy (non-hydrogen) atoms. The summed E-state index contributed by atoms with van der Waals surface area (Å²) in [5, 5.41) is 3.58. The second kappa shape index (κ2) is 6.73. The smallest absolute Gasteiger partial charge is 0.0951 e. The largest absolute Gasteiger partial charge is 0.378 e. The van der Waals surface area contributed by atoms with Crippen LogP contribution < -0.4 is 5.32 Å². The molecule has 4 heteroatoms. The van der Waals surface area contributed by atoms with Crippen molar-refractivity contribution in [2.24, 2.45) is 0 Å². The summed E-state index contributed by atoms with van der Waals surface area (Å²) in [5.74, 6) is 0. The van der Waals surface area contributed by atoms with Gasteiger partial charge in [-0.25, -0.2) is 0 Å². The number of nitrogens with one attached hydrogen (secondary N) is 1. The highest BCUT2D eigenvalue weighted by Gasteiger charge is 2.43. The zero-order valence-electron chi connectivity index (χ0n) is 12.9. The van der Waals surface area contributed by atoms with Crippen LogP contribution in [0.4, 0.5) is 0 Å². The molecule has 0 aromatic carbocycles. The topological polar surface area (TPSA) is 33.7 Å². The maximum atomic E-state index is 6.10. The van der Waals surface area contributed by atoms with E-state index in [1.165, 1.54) is 51.7 Å². The van der Waals surface area contributed by atoms with E-state index in [0.717, 1.165) is 32.3 Å². The zero-order valence-corrected chi connectivity index (χ0v) is 12.9. The molecule has 0 aliphatic carbocycles. The Balaban J connectivity index is 1.66. The summed E-state index contributed by atoms with van der Waals surface area (Å²) in [5.41, 5.74) is 0.0387. The van der Waals surface area contributed by atoms with E-state index in [0.29, 0.717) is 6.04 Å². The summed E-state index contributed by atoms with van der Waals surface area (Å²) >= 11 is 0. The highest BCUT2D eigenvalue weighted by Crippen LogP contribution is 2.35. The van der Waals surface area contributed by atoms with Crippen LogP contribution in [0.5, 0.6) is 0 Å². The van der Waals surface area contributed by atoms with Gasteiger partial charge in [0.15, 0.2) is 0 Å². The number of hydrogen-bond acceptors (Lipinski definition) is 4. The minimum absolute atomic E-state index is 0.0387. The van der Waals surface area contributed by atoms with Gasteiger partial charge < -0.3 is 14.8 Å². The van der Waals surface area contributed by atoms with E-state index in [1.54, 1.807) is 0 Å². The van der Waals surface area contributed by atoms with Crippen molar-refractivity contribution in [2.45, 2.75) is 63.1 Å². The first-order valence-corrected chi connectivity index (χ1v) is 8.51. The predicted octanol–water partition coefficient (Wildman–Crippen LogP) is 1.79. The Kier molecular flexibility index (Phi) is 4.97. The number of nitrogens with zero attached hydrogens (tertiary/aromatic N) is 1. The van der Waals surface area contributed by atoms with Gasteiger partial charge in [0.1, 0.15) is 0 Å². The van der Waals surface area contributed by atoms with E-state index in [1.807, 2.05) is 0 Å². The van der Waals surface area contributed by atoms with Crippen LogP contribution in [0, 0.1) is 0 Å². The van der Waals surface area contributed by atoms with Crippen LogP contribution in [0.25, 0.3) is 0 Å². The maximum absolute atomic E-state index is 6.10. The summed E-state index contributed by atoms with van der Waals surface area (Å²) in [7, 11) is 0. The molecule has 4 nitrogen and oxygen atoms in total. The lowest BCUT2D eigenvalue weighted by molar-refractivity contribution is -0.112. The number of rotatable bonds is 4. The van der Waals surface area contributed by atoms with E-state index in [2.05, 4.69) is 17.1 Å². The molecule has 0 radical (unpaired) electrons. The normalized spacial score (nSPS) is 38.7. The molecule has 3 fully saturated rings. The fourth-order valence-corrected chi connectivity index (χ4v) is 4.19. The lowest BCUT2D eigenvalue weighted by atomic mass is 9.87. The van der Waals surface area contributed by atoms with Crippen LogP contribution >= 0.6 is 0 Å². The SMILES string of the molecule is CCCN(C1CCCNC1)C1CCOC2(CCOC2)C1. The number of piperidine rings is 1. The fourth-order valence-electron chi connectivity index (χ4n) is 4.19. The second-order valence-corrected chi connectivity index (χ2v) is 6.72. The van der Waals surface area contributed by atoms with E-state index in [9.17, 15) is 0 Å². The minimum atomic E-state index is 0.0387. The van der Waals surface area contributed by atoms with Gasteiger partial charge in [0.05, 0.1) is 12.2 Å². The van der Waals surface area contributed by atoms with Gasteiger partial charge in [0.2, 0.25) is 0 Å². The molecular weight excluding hydrogens is 252 g/mol. The Morgan fingerprint density at radius 3 is 2.90 bits per heavy atom. The molecule has 3 rings (SSSR count). The molecule has 116 valence electrons. The van der Waals surface area contributed by atoms with Crippen LogP contribution in [-0.2, 0) is 9.47 Å². The summed E-state index contributed by atoms with van der Waals surface area (Å²) in [6, 6.07) is 1.42. The molecule has 3 unspecified atom stereocenters. The molecule has 0 aromatic rings. The first kappa shape index (κ1) is 14.8. The monoisotopic (exact) mass is 282 g/mol. The van der Waals surface area contributed by atoms with Gasteiger partial charge in [-0.3, -0.25) is 4.90 Å². The lowest BCUT2D eigenvalue weighted by Crippen LogP contribution is -2.55. The first-order valence-electron chi connectivity index (χ1n) is 8.51. The standard InChI is InChI=1S/C16H30N2O2/c1-2-8-18(15-4-3-7-17-12-15)14-5-9-20-16(11-14)6-10-19-13-16/h14-15,17H,2-13H2,1H3. The Labute approximate surface area is 123 Å². The Bertz CT molecular complexity index is 299. The summed E-state index contributed by atoms with van der Waals surface area (Å²) in [6.45, 7) is 8.50. The van der Waals surface area contributed by atoms with Gasteiger partial charge in [0, 0.05) is 38.3 Å². The summed E-state index contributed by atoms with van der Waals surface area (Å²) in [6.07, 6.45) is 7.38. The molecule has 0 amide bonds. The van der Waals surface area contributed by atoms with E-state index in [-0.39, 0.29) is 5.60 Å². The van der Waals surface area contributed by atoms with E-state index >= 15 is 0 Å². The fraction of sp³-hybridized carbons (Fsp3) is 1.00. The molecule has 3 atom stereocenters. The Morgan fingerprint density at radius 1 is 1.25 bits per heavy atom. The third kappa shape index (κ3) is 3.19. The van der Waals surface area contributed by atoms with Gasteiger partial charge in [-0.1, -0.05) is 6.92 Å². The van der Waals surface area contributed by atoms with E-state index < -0.39 is 0 Å². The number of hydrogen-bond donors (Lipinski definition) is 1. The molecule has 1 N–H and O–H groups in total. The van der Waals surface area contributed by atoms with Crippen molar-refractivity contribution in [2.75, 3.05) is 39.5 Å². The van der Waals surface area contributed by atoms with Crippen molar-refractivity contribution < 1.29 is 9.47 Å². The van der Waals surface area contributed by atoms with Gasteiger partial charge in [0.25, 0.3) is 0 Å². The molecule has 0 aromatic heterocycles. The zero-order chi connectivity index (χ0) is 13.8. The van der Waals surface area contributed by atoms with Gasteiger partial charge in [-0.15, -0.1) is 0 Å². The van der Waals surface area contributed by atoms with Crippen LogP contribution in [0.3, 0.4) is 0 Å². The van der Waals surface area contributed by atoms with Crippen molar-refractivity contribution in [1.82, 2.24) is 10.2 Å². The first-order chi connectivity index (χ1) is 9.83. The molecule has 3 aliphatic rings. The Morgan fingerprint density at radius 2 is 2.20 bits per heavy atom. The van der Waals surface area contributed by atoms with Crippen LogP contribution in [0.2, 0.25) is 0 Å².